The Hall–Kier alpha value is -4.01. The minimum Gasteiger partial charge on any atom is -0.389 e. The maximum atomic E-state index is 12.4. The number of nitrogens with one attached hydrogen (secondary N) is 1. The van der Waals surface area contributed by atoms with Crippen LogP contribution in [0.3, 0.4) is 0 Å². The normalized spacial score (nSPS) is 19.1. The van der Waals surface area contributed by atoms with Crippen molar-refractivity contribution in [3.05, 3.63) is 107 Å². The van der Waals surface area contributed by atoms with Crippen LogP contribution in [0.2, 0.25) is 0 Å². The van der Waals surface area contributed by atoms with Crippen LogP contribution in [0.1, 0.15) is 32.6 Å². The minimum atomic E-state index is -0.829. The summed E-state index contributed by atoms with van der Waals surface area (Å²) in [5.74, 6) is -0.219. The highest BCUT2D eigenvalue weighted by Crippen LogP contribution is 2.24. The second kappa shape index (κ2) is 11.4. The van der Waals surface area contributed by atoms with E-state index in [1.807, 2.05) is 42.5 Å². The molecular formula is C28H26N4O3. The van der Waals surface area contributed by atoms with Crippen molar-refractivity contribution in [2.75, 3.05) is 13.2 Å². The van der Waals surface area contributed by atoms with E-state index in [0.29, 0.717) is 36.4 Å². The molecule has 35 heavy (non-hydrogen) atoms. The monoisotopic (exact) mass is 466 g/mol. The molecule has 176 valence electrons. The van der Waals surface area contributed by atoms with Gasteiger partial charge < -0.3 is 15.2 Å². The number of hydrogen-bond acceptors (Lipinski definition) is 6. The first kappa shape index (κ1) is 24.1. The molecule has 3 aromatic rings. The average molecular weight is 467 g/mol. The smallest absolute Gasteiger partial charge is 0.251 e. The molecule has 0 aliphatic carbocycles. The molecule has 3 unspecified atom stereocenters. The highest BCUT2D eigenvalue weighted by Gasteiger charge is 2.39. The van der Waals surface area contributed by atoms with Crippen LogP contribution in [0.15, 0.2) is 78.9 Å². The fourth-order valence-electron chi connectivity index (χ4n) is 4.29. The van der Waals surface area contributed by atoms with Crippen molar-refractivity contribution in [3.8, 4) is 12.1 Å². The van der Waals surface area contributed by atoms with E-state index in [-0.39, 0.29) is 18.5 Å². The Balaban J connectivity index is 1.49. The molecule has 0 bridgehead atoms. The summed E-state index contributed by atoms with van der Waals surface area (Å²) in [7, 11) is 0. The third-order valence-electron chi connectivity index (χ3n) is 6.11. The number of amides is 1. The van der Waals surface area contributed by atoms with Crippen molar-refractivity contribution < 1.29 is 14.6 Å². The zero-order chi connectivity index (χ0) is 24.6. The van der Waals surface area contributed by atoms with E-state index >= 15 is 0 Å². The summed E-state index contributed by atoms with van der Waals surface area (Å²) in [4.78, 5) is 14.5. The number of rotatable bonds is 8. The maximum Gasteiger partial charge on any atom is 0.251 e. The molecule has 4 rings (SSSR count). The number of aliphatic hydroxyl groups is 1. The SMILES string of the molecule is N#Cc1cccc(CN(Cc2cccc(C#N)c2)C2COC(CNC(=O)c3ccccc3)C2O)c1. The number of carbonyl (C=O) groups is 1. The lowest BCUT2D eigenvalue weighted by atomic mass is 10.0. The maximum absolute atomic E-state index is 12.4. The number of ether oxygens (including phenoxy) is 1. The van der Waals surface area contributed by atoms with Crippen molar-refractivity contribution in [2.45, 2.75) is 31.3 Å². The van der Waals surface area contributed by atoms with Gasteiger partial charge in [-0.1, -0.05) is 42.5 Å². The average Bonchev–Trinajstić information content (AvgIpc) is 3.27. The van der Waals surface area contributed by atoms with Crippen LogP contribution in [0.4, 0.5) is 0 Å². The van der Waals surface area contributed by atoms with Crippen LogP contribution in [0, 0.1) is 22.7 Å². The summed E-state index contributed by atoms with van der Waals surface area (Å²) in [6.07, 6.45) is -1.38. The molecule has 1 aliphatic heterocycles. The molecule has 0 spiro atoms. The Morgan fingerprint density at radius 2 is 1.54 bits per heavy atom. The molecule has 1 fully saturated rings. The molecule has 7 nitrogen and oxygen atoms in total. The molecule has 3 atom stereocenters. The standard InChI is InChI=1S/C28H26N4O3/c29-14-20-6-4-8-22(12-20)17-32(18-23-9-5-7-21(13-23)15-30)25-19-35-26(27(25)33)16-31-28(34)24-10-2-1-3-11-24/h1-13,25-27,33H,16-19H2,(H,31,34). The van der Waals surface area contributed by atoms with Crippen molar-refractivity contribution in [3.63, 3.8) is 0 Å². The summed E-state index contributed by atoms with van der Waals surface area (Å²) in [6.45, 7) is 1.46. The quantitative estimate of drug-likeness (QED) is 0.528. The Morgan fingerprint density at radius 1 is 0.943 bits per heavy atom. The van der Waals surface area contributed by atoms with E-state index in [0.717, 1.165) is 11.1 Å². The van der Waals surface area contributed by atoms with Crippen molar-refractivity contribution in [1.82, 2.24) is 10.2 Å². The predicted molar refractivity (Wildman–Crippen MR) is 130 cm³/mol. The van der Waals surface area contributed by atoms with E-state index in [2.05, 4.69) is 22.4 Å². The van der Waals surface area contributed by atoms with Gasteiger partial charge in [0.2, 0.25) is 0 Å². The molecular weight excluding hydrogens is 440 g/mol. The second-order valence-corrected chi connectivity index (χ2v) is 8.54. The molecule has 1 aliphatic rings. The van der Waals surface area contributed by atoms with E-state index in [4.69, 9.17) is 4.74 Å². The second-order valence-electron chi connectivity index (χ2n) is 8.54. The van der Waals surface area contributed by atoms with Gasteiger partial charge in [0, 0.05) is 25.2 Å². The van der Waals surface area contributed by atoms with Gasteiger partial charge in [-0.05, 0) is 47.5 Å². The first-order chi connectivity index (χ1) is 17.1. The van der Waals surface area contributed by atoms with Crippen LogP contribution in [-0.2, 0) is 17.8 Å². The molecule has 3 aromatic carbocycles. The molecule has 0 aromatic heterocycles. The lowest BCUT2D eigenvalue weighted by molar-refractivity contribution is 0.0300. The van der Waals surface area contributed by atoms with Gasteiger partial charge in [0.15, 0.2) is 0 Å². The van der Waals surface area contributed by atoms with Crippen LogP contribution in [0.5, 0.6) is 0 Å². The van der Waals surface area contributed by atoms with Crippen molar-refractivity contribution in [1.29, 1.82) is 10.5 Å². The van der Waals surface area contributed by atoms with E-state index in [1.165, 1.54) is 0 Å². The highest BCUT2D eigenvalue weighted by atomic mass is 16.5. The number of nitrogens with zero attached hydrogens (tertiary/aromatic N) is 3. The fraction of sp³-hybridized carbons (Fsp3) is 0.250. The first-order valence-corrected chi connectivity index (χ1v) is 11.4. The van der Waals surface area contributed by atoms with E-state index in [9.17, 15) is 20.4 Å². The summed E-state index contributed by atoms with van der Waals surface area (Å²) in [5.41, 5.74) is 3.56. The lowest BCUT2D eigenvalue weighted by Gasteiger charge is -2.31. The molecule has 1 saturated heterocycles. The van der Waals surface area contributed by atoms with Gasteiger partial charge in [-0.25, -0.2) is 0 Å². The van der Waals surface area contributed by atoms with E-state index < -0.39 is 12.2 Å². The van der Waals surface area contributed by atoms with Crippen LogP contribution < -0.4 is 5.32 Å². The van der Waals surface area contributed by atoms with Crippen LogP contribution >= 0.6 is 0 Å². The molecule has 7 heteroatoms. The van der Waals surface area contributed by atoms with Crippen molar-refractivity contribution >= 4 is 5.91 Å². The zero-order valence-corrected chi connectivity index (χ0v) is 19.2. The number of carbonyl (C=O) groups excluding carboxylic acids is 1. The van der Waals surface area contributed by atoms with Gasteiger partial charge in [0.05, 0.1) is 42.0 Å². The summed E-state index contributed by atoms with van der Waals surface area (Å²) in [5, 5.41) is 32.5. The van der Waals surface area contributed by atoms with Gasteiger partial charge in [-0.3, -0.25) is 9.69 Å². The van der Waals surface area contributed by atoms with Gasteiger partial charge in [0.25, 0.3) is 5.91 Å². The fourth-order valence-corrected chi connectivity index (χ4v) is 4.29. The molecule has 2 N–H and O–H groups in total. The Morgan fingerprint density at radius 3 is 2.11 bits per heavy atom. The number of aliphatic hydroxyl groups excluding tert-OH is 1. The first-order valence-electron chi connectivity index (χ1n) is 11.4. The van der Waals surface area contributed by atoms with Crippen LogP contribution in [-0.4, -0.2) is 47.3 Å². The van der Waals surface area contributed by atoms with Gasteiger partial charge in [-0.15, -0.1) is 0 Å². The third-order valence-corrected chi connectivity index (χ3v) is 6.11. The topological polar surface area (TPSA) is 109 Å². The Kier molecular flexibility index (Phi) is 7.87. The Labute approximate surface area is 204 Å². The van der Waals surface area contributed by atoms with Gasteiger partial charge in [-0.2, -0.15) is 10.5 Å². The summed E-state index contributed by atoms with van der Waals surface area (Å²) >= 11 is 0. The van der Waals surface area contributed by atoms with Crippen LogP contribution in [0.25, 0.3) is 0 Å². The predicted octanol–water partition coefficient (Wildman–Crippen LogP) is 2.99. The molecule has 0 saturated carbocycles. The number of hydrogen-bond donors (Lipinski definition) is 2. The van der Waals surface area contributed by atoms with Gasteiger partial charge >= 0.3 is 0 Å². The molecule has 1 amide bonds. The third kappa shape index (κ3) is 6.11. The Bertz CT molecular complexity index is 1190. The lowest BCUT2D eigenvalue weighted by Crippen LogP contribution is -2.46. The van der Waals surface area contributed by atoms with Gasteiger partial charge in [0.1, 0.15) is 6.10 Å². The largest absolute Gasteiger partial charge is 0.389 e. The number of benzene rings is 3. The highest BCUT2D eigenvalue weighted by molar-refractivity contribution is 5.94. The summed E-state index contributed by atoms with van der Waals surface area (Å²) < 4.78 is 5.90. The minimum absolute atomic E-state index is 0.188. The van der Waals surface area contributed by atoms with Crippen molar-refractivity contribution in [2.24, 2.45) is 0 Å². The zero-order valence-electron chi connectivity index (χ0n) is 19.2. The number of nitriles is 2. The summed E-state index contributed by atoms with van der Waals surface area (Å²) in [6, 6.07) is 27.6. The molecule has 1 heterocycles. The molecule has 0 radical (unpaired) electrons. The van der Waals surface area contributed by atoms with E-state index in [1.54, 1.807) is 36.4 Å².